The third-order valence-corrected chi connectivity index (χ3v) is 4.08. The van der Waals surface area contributed by atoms with Gasteiger partial charge in [-0.3, -0.25) is 4.79 Å². The molecule has 1 heterocycles. The number of rotatable bonds is 6. The average molecular weight is 325 g/mol. The summed E-state index contributed by atoms with van der Waals surface area (Å²) in [6.07, 6.45) is 0.995. The van der Waals surface area contributed by atoms with Gasteiger partial charge in [0.15, 0.2) is 0 Å². The molecule has 0 spiro atoms. The normalized spacial score (nSPS) is 10.4. The van der Waals surface area contributed by atoms with Gasteiger partial charge in [-0.05, 0) is 18.1 Å². The van der Waals surface area contributed by atoms with E-state index in [0.29, 0.717) is 21.7 Å². The molecule has 5 nitrogen and oxygen atoms in total. The Labute approximate surface area is 133 Å². The maximum absolute atomic E-state index is 12.3. The first-order valence-corrected chi connectivity index (χ1v) is 7.87. The number of hydrogen-bond donors (Lipinski definition) is 1. The molecule has 0 aliphatic rings. The Bertz CT molecular complexity index is 617. The van der Waals surface area contributed by atoms with Gasteiger partial charge < -0.3 is 10.2 Å². The molecule has 7 heteroatoms. The monoisotopic (exact) mass is 324 g/mol. The smallest absolute Gasteiger partial charge is 0.284 e. The van der Waals surface area contributed by atoms with Crippen LogP contribution in [0.1, 0.15) is 28.7 Å². The predicted molar refractivity (Wildman–Crippen MR) is 85.9 cm³/mol. The van der Waals surface area contributed by atoms with Gasteiger partial charge in [-0.15, -0.1) is 10.2 Å². The molecule has 0 saturated carbocycles. The van der Waals surface area contributed by atoms with E-state index in [4.69, 9.17) is 11.6 Å². The molecule has 0 unspecified atom stereocenters. The van der Waals surface area contributed by atoms with Crippen molar-refractivity contribution in [3.8, 4) is 0 Å². The molecule has 1 aromatic carbocycles. The van der Waals surface area contributed by atoms with E-state index in [1.165, 1.54) is 11.3 Å². The topological polar surface area (TPSA) is 58.1 Å². The van der Waals surface area contributed by atoms with E-state index < -0.39 is 0 Å². The van der Waals surface area contributed by atoms with E-state index in [0.717, 1.165) is 18.5 Å². The van der Waals surface area contributed by atoms with Crippen LogP contribution < -0.4 is 5.32 Å². The van der Waals surface area contributed by atoms with Crippen molar-refractivity contribution >= 4 is 34.0 Å². The summed E-state index contributed by atoms with van der Waals surface area (Å²) in [5.74, 6) is -0.156. The molecule has 1 aromatic heterocycles. The molecular weight excluding hydrogens is 308 g/mol. The maximum atomic E-state index is 12.3. The number of hydrogen-bond acceptors (Lipinski definition) is 5. The van der Waals surface area contributed by atoms with Gasteiger partial charge in [0.05, 0.1) is 0 Å². The summed E-state index contributed by atoms with van der Waals surface area (Å²) in [5.41, 5.74) is 0.906. The van der Waals surface area contributed by atoms with Gasteiger partial charge in [0.1, 0.15) is 0 Å². The molecule has 0 fully saturated rings. The lowest BCUT2D eigenvalue weighted by Gasteiger charge is -2.16. The molecule has 0 bridgehead atoms. The lowest BCUT2D eigenvalue weighted by Crippen LogP contribution is -2.26. The van der Waals surface area contributed by atoms with Gasteiger partial charge in [0, 0.05) is 25.2 Å². The predicted octanol–water partition coefficient (Wildman–Crippen LogP) is 3.29. The molecule has 0 atom stereocenters. The Morgan fingerprint density at radius 2 is 2.14 bits per heavy atom. The minimum atomic E-state index is -0.156. The minimum absolute atomic E-state index is 0.156. The van der Waals surface area contributed by atoms with Gasteiger partial charge in [-0.25, -0.2) is 0 Å². The fraction of sp³-hybridized carbons (Fsp3) is 0.357. The van der Waals surface area contributed by atoms with Crippen molar-refractivity contribution in [2.75, 3.05) is 18.9 Å². The highest BCUT2D eigenvalue weighted by Crippen LogP contribution is 2.20. The molecule has 112 valence electrons. The zero-order chi connectivity index (χ0) is 15.2. The summed E-state index contributed by atoms with van der Waals surface area (Å²) in [7, 11) is 1.73. The van der Waals surface area contributed by atoms with Gasteiger partial charge in [0.25, 0.3) is 5.91 Å². The second-order valence-corrected chi connectivity index (χ2v) is 5.98. The van der Waals surface area contributed by atoms with Gasteiger partial charge in [-0.2, -0.15) is 0 Å². The molecule has 0 radical (unpaired) electrons. The maximum Gasteiger partial charge on any atom is 0.284 e. The van der Waals surface area contributed by atoms with Crippen LogP contribution in [0.15, 0.2) is 24.3 Å². The van der Waals surface area contributed by atoms with Crippen molar-refractivity contribution in [3.63, 3.8) is 0 Å². The van der Waals surface area contributed by atoms with Crippen molar-refractivity contribution in [1.82, 2.24) is 15.1 Å². The first-order chi connectivity index (χ1) is 10.1. The summed E-state index contributed by atoms with van der Waals surface area (Å²) in [5, 5.41) is 12.7. The molecule has 21 heavy (non-hydrogen) atoms. The van der Waals surface area contributed by atoms with Gasteiger partial charge in [-0.1, -0.05) is 48.1 Å². The van der Waals surface area contributed by atoms with Crippen molar-refractivity contribution in [2.45, 2.75) is 19.9 Å². The van der Waals surface area contributed by atoms with Crippen LogP contribution in [0.5, 0.6) is 0 Å². The zero-order valence-electron chi connectivity index (χ0n) is 12.0. The first-order valence-electron chi connectivity index (χ1n) is 6.68. The van der Waals surface area contributed by atoms with E-state index in [1.807, 2.05) is 24.3 Å². The Kier molecular flexibility index (Phi) is 5.52. The summed E-state index contributed by atoms with van der Waals surface area (Å²) in [6.45, 7) is 3.32. The van der Waals surface area contributed by atoms with E-state index >= 15 is 0 Å². The summed E-state index contributed by atoms with van der Waals surface area (Å²) in [4.78, 5) is 13.9. The number of anilines is 1. The summed E-state index contributed by atoms with van der Waals surface area (Å²) in [6, 6.07) is 7.48. The Morgan fingerprint density at radius 1 is 1.38 bits per heavy atom. The molecule has 0 saturated heterocycles. The summed E-state index contributed by atoms with van der Waals surface area (Å²) >= 11 is 7.37. The van der Waals surface area contributed by atoms with E-state index in [1.54, 1.807) is 11.9 Å². The van der Waals surface area contributed by atoms with Gasteiger partial charge in [0.2, 0.25) is 10.1 Å². The number of halogens is 1. The lowest BCUT2D eigenvalue weighted by molar-refractivity contribution is 0.0784. The first kappa shape index (κ1) is 15.7. The number of amides is 1. The highest BCUT2D eigenvalue weighted by molar-refractivity contribution is 7.17. The Balaban J connectivity index is 2.02. The van der Waals surface area contributed by atoms with Crippen molar-refractivity contribution in [1.29, 1.82) is 0 Å². The van der Waals surface area contributed by atoms with Crippen LogP contribution in [0.3, 0.4) is 0 Å². The van der Waals surface area contributed by atoms with Crippen molar-refractivity contribution in [2.24, 2.45) is 0 Å². The molecular formula is C14H17ClN4OS. The van der Waals surface area contributed by atoms with E-state index in [9.17, 15) is 4.79 Å². The Hall–Kier alpha value is -1.66. The van der Waals surface area contributed by atoms with Crippen LogP contribution in [0, 0.1) is 0 Å². The largest absolute Gasteiger partial charge is 0.360 e. The zero-order valence-corrected chi connectivity index (χ0v) is 13.5. The molecule has 2 aromatic rings. The van der Waals surface area contributed by atoms with Crippen LogP contribution in [0.4, 0.5) is 5.13 Å². The molecule has 1 amide bonds. The third kappa shape index (κ3) is 4.15. The van der Waals surface area contributed by atoms with Crippen LogP contribution in [0.25, 0.3) is 0 Å². The fourth-order valence-electron chi connectivity index (χ4n) is 1.73. The standard InChI is InChI=1S/C14H17ClN4OS/c1-3-8-16-14-18-17-12(21-14)13(20)19(2)9-10-6-4-5-7-11(10)15/h4-7H,3,8-9H2,1-2H3,(H,16,18). The molecule has 1 N–H and O–H groups in total. The third-order valence-electron chi connectivity index (χ3n) is 2.85. The quantitative estimate of drug-likeness (QED) is 0.886. The number of benzene rings is 1. The van der Waals surface area contributed by atoms with Crippen molar-refractivity contribution in [3.05, 3.63) is 39.9 Å². The number of carbonyl (C=O) groups is 1. The average Bonchev–Trinajstić information content (AvgIpc) is 2.95. The summed E-state index contributed by atoms with van der Waals surface area (Å²) < 4.78 is 0. The van der Waals surface area contributed by atoms with Crippen LogP contribution in [-0.4, -0.2) is 34.6 Å². The minimum Gasteiger partial charge on any atom is -0.360 e. The highest BCUT2D eigenvalue weighted by Gasteiger charge is 2.18. The van der Waals surface area contributed by atoms with Crippen molar-refractivity contribution < 1.29 is 4.79 Å². The second kappa shape index (κ2) is 7.38. The molecule has 0 aliphatic heterocycles. The van der Waals surface area contributed by atoms with Gasteiger partial charge >= 0.3 is 0 Å². The molecule has 2 rings (SSSR count). The van der Waals surface area contributed by atoms with Crippen LogP contribution in [-0.2, 0) is 6.54 Å². The highest BCUT2D eigenvalue weighted by atomic mass is 35.5. The number of carbonyl (C=O) groups excluding carboxylic acids is 1. The van der Waals surface area contributed by atoms with Crippen LogP contribution >= 0.6 is 22.9 Å². The second-order valence-electron chi connectivity index (χ2n) is 4.59. The number of nitrogens with one attached hydrogen (secondary N) is 1. The SMILES string of the molecule is CCCNc1nnc(C(=O)N(C)Cc2ccccc2Cl)s1. The Morgan fingerprint density at radius 3 is 2.86 bits per heavy atom. The van der Waals surface area contributed by atoms with Crippen LogP contribution in [0.2, 0.25) is 5.02 Å². The van der Waals surface area contributed by atoms with E-state index in [-0.39, 0.29) is 5.91 Å². The lowest BCUT2D eigenvalue weighted by atomic mass is 10.2. The number of aromatic nitrogens is 2. The molecule has 0 aliphatic carbocycles. The van der Waals surface area contributed by atoms with E-state index in [2.05, 4.69) is 22.4 Å². The fourth-order valence-corrected chi connectivity index (χ4v) is 2.69. The number of nitrogens with zero attached hydrogens (tertiary/aromatic N) is 3.